The van der Waals surface area contributed by atoms with Crippen molar-refractivity contribution in [1.29, 1.82) is 0 Å². The summed E-state index contributed by atoms with van der Waals surface area (Å²) >= 11 is 0. The molecule has 1 aliphatic heterocycles. The van der Waals surface area contributed by atoms with E-state index in [0.717, 1.165) is 55.1 Å². The topological polar surface area (TPSA) is 48.0 Å². The van der Waals surface area contributed by atoms with Gasteiger partial charge in [-0.15, -0.1) is 0 Å². The van der Waals surface area contributed by atoms with Crippen LogP contribution in [0, 0.1) is 5.92 Å². The van der Waals surface area contributed by atoms with Crippen molar-refractivity contribution in [2.75, 3.05) is 26.8 Å². The minimum Gasteiger partial charge on any atom is -0.493 e. The molecular formula is C23H29NO4. The number of hydrogen-bond donors (Lipinski definition) is 0. The number of esters is 1. The van der Waals surface area contributed by atoms with Crippen molar-refractivity contribution in [2.45, 2.75) is 32.9 Å². The second-order valence-electron chi connectivity index (χ2n) is 7.09. The van der Waals surface area contributed by atoms with Gasteiger partial charge in [-0.2, -0.15) is 0 Å². The van der Waals surface area contributed by atoms with E-state index in [2.05, 4.69) is 11.0 Å². The minimum absolute atomic E-state index is 0.0240. The molecule has 0 spiro atoms. The van der Waals surface area contributed by atoms with Gasteiger partial charge in [-0.3, -0.25) is 9.69 Å². The molecule has 0 amide bonds. The summed E-state index contributed by atoms with van der Waals surface area (Å²) in [7, 11) is 1.66. The van der Waals surface area contributed by atoms with Crippen molar-refractivity contribution < 1.29 is 19.0 Å². The average molecular weight is 383 g/mol. The van der Waals surface area contributed by atoms with Gasteiger partial charge in [-0.05, 0) is 49.6 Å². The molecule has 0 aliphatic carbocycles. The van der Waals surface area contributed by atoms with Crippen LogP contribution >= 0.6 is 0 Å². The van der Waals surface area contributed by atoms with Crippen molar-refractivity contribution in [3.8, 4) is 11.5 Å². The van der Waals surface area contributed by atoms with E-state index >= 15 is 0 Å². The Morgan fingerprint density at radius 3 is 2.68 bits per heavy atom. The summed E-state index contributed by atoms with van der Waals surface area (Å²) < 4.78 is 16.7. The second kappa shape index (κ2) is 10.1. The lowest BCUT2D eigenvalue weighted by atomic mass is 9.97. The van der Waals surface area contributed by atoms with Crippen molar-refractivity contribution >= 4 is 5.97 Å². The largest absolute Gasteiger partial charge is 0.493 e. The Morgan fingerprint density at radius 2 is 1.93 bits per heavy atom. The zero-order valence-electron chi connectivity index (χ0n) is 16.7. The Bertz CT molecular complexity index is 762. The molecule has 28 heavy (non-hydrogen) atoms. The highest BCUT2D eigenvalue weighted by Gasteiger charge is 2.26. The molecule has 0 N–H and O–H groups in total. The second-order valence-corrected chi connectivity index (χ2v) is 7.09. The van der Waals surface area contributed by atoms with E-state index in [1.54, 1.807) is 7.11 Å². The fourth-order valence-corrected chi connectivity index (χ4v) is 3.57. The van der Waals surface area contributed by atoms with Crippen molar-refractivity contribution in [3.63, 3.8) is 0 Å². The Morgan fingerprint density at radius 1 is 1.11 bits per heavy atom. The first kappa shape index (κ1) is 20.2. The van der Waals surface area contributed by atoms with Crippen LogP contribution in [-0.2, 0) is 22.7 Å². The van der Waals surface area contributed by atoms with Crippen LogP contribution in [0.25, 0.3) is 0 Å². The van der Waals surface area contributed by atoms with Crippen LogP contribution in [0.4, 0.5) is 0 Å². The Labute approximate surface area is 167 Å². The van der Waals surface area contributed by atoms with E-state index in [0.29, 0.717) is 13.2 Å². The molecule has 1 aliphatic rings. The van der Waals surface area contributed by atoms with Crippen molar-refractivity contribution in [1.82, 2.24) is 4.90 Å². The fraction of sp³-hybridized carbons (Fsp3) is 0.435. The molecular weight excluding hydrogens is 354 g/mol. The van der Waals surface area contributed by atoms with Gasteiger partial charge in [0.15, 0.2) is 11.5 Å². The number of nitrogens with zero attached hydrogens (tertiary/aromatic N) is 1. The summed E-state index contributed by atoms with van der Waals surface area (Å²) in [4.78, 5) is 14.4. The predicted molar refractivity (Wildman–Crippen MR) is 108 cm³/mol. The van der Waals surface area contributed by atoms with Crippen LogP contribution in [0.1, 0.15) is 30.9 Å². The van der Waals surface area contributed by atoms with E-state index in [-0.39, 0.29) is 11.9 Å². The highest BCUT2D eigenvalue weighted by atomic mass is 16.5. The zero-order chi connectivity index (χ0) is 19.8. The molecule has 2 aromatic rings. The van der Waals surface area contributed by atoms with Gasteiger partial charge in [0, 0.05) is 13.1 Å². The summed E-state index contributed by atoms with van der Waals surface area (Å²) in [6.45, 7) is 5.32. The number of methoxy groups -OCH3 is 1. The molecule has 1 saturated heterocycles. The number of ether oxygens (including phenoxy) is 3. The lowest BCUT2D eigenvalue weighted by molar-refractivity contribution is -0.150. The van der Waals surface area contributed by atoms with Gasteiger partial charge in [0.2, 0.25) is 0 Å². The number of benzene rings is 2. The third kappa shape index (κ3) is 5.49. The first-order valence-electron chi connectivity index (χ1n) is 9.92. The highest BCUT2D eigenvalue weighted by Crippen LogP contribution is 2.30. The van der Waals surface area contributed by atoms with E-state index in [1.165, 1.54) is 0 Å². The molecule has 0 bridgehead atoms. The summed E-state index contributed by atoms with van der Waals surface area (Å²) in [5.41, 5.74) is 2.26. The maximum Gasteiger partial charge on any atom is 0.310 e. The first-order chi connectivity index (χ1) is 13.7. The Hall–Kier alpha value is -2.53. The number of hydrogen-bond acceptors (Lipinski definition) is 5. The van der Waals surface area contributed by atoms with E-state index in [9.17, 15) is 4.79 Å². The van der Waals surface area contributed by atoms with E-state index in [4.69, 9.17) is 14.2 Å². The van der Waals surface area contributed by atoms with Crippen molar-refractivity contribution in [2.24, 2.45) is 5.92 Å². The van der Waals surface area contributed by atoms with Gasteiger partial charge in [0.1, 0.15) is 6.61 Å². The number of likely N-dealkylation sites (tertiary alicyclic amines) is 1. The molecule has 5 heteroatoms. The van der Waals surface area contributed by atoms with Crippen LogP contribution in [-0.4, -0.2) is 37.7 Å². The van der Waals surface area contributed by atoms with Gasteiger partial charge in [0.25, 0.3) is 0 Å². The maximum atomic E-state index is 12.0. The lowest BCUT2D eigenvalue weighted by Crippen LogP contribution is -2.38. The number of piperidine rings is 1. The molecule has 1 unspecified atom stereocenters. The monoisotopic (exact) mass is 383 g/mol. The molecule has 1 atom stereocenters. The van der Waals surface area contributed by atoms with Gasteiger partial charge >= 0.3 is 5.97 Å². The molecule has 0 saturated carbocycles. The van der Waals surface area contributed by atoms with Crippen LogP contribution < -0.4 is 9.47 Å². The van der Waals surface area contributed by atoms with Gasteiger partial charge in [-0.25, -0.2) is 0 Å². The van der Waals surface area contributed by atoms with Crippen LogP contribution in [0.5, 0.6) is 11.5 Å². The molecule has 0 aromatic heterocycles. The van der Waals surface area contributed by atoms with Gasteiger partial charge < -0.3 is 14.2 Å². The predicted octanol–water partition coefficient (Wildman–Crippen LogP) is 4.05. The van der Waals surface area contributed by atoms with E-state index < -0.39 is 0 Å². The third-order valence-corrected chi connectivity index (χ3v) is 5.00. The number of carbonyl (C=O) groups is 1. The Balaban J connectivity index is 1.60. The number of rotatable bonds is 8. The maximum absolute atomic E-state index is 12.0. The fourth-order valence-electron chi connectivity index (χ4n) is 3.57. The molecule has 5 nitrogen and oxygen atoms in total. The number of carbonyl (C=O) groups excluding carboxylic acids is 1. The summed E-state index contributed by atoms with van der Waals surface area (Å²) in [5, 5.41) is 0. The quantitative estimate of drug-likeness (QED) is 0.644. The minimum atomic E-state index is -0.0746. The van der Waals surface area contributed by atoms with Gasteiger partial charge in [0.05, 0.1) is 19.6 Å². The SMILES string of the molecule is CCOC(=O)C1CCCN(Cc2ccc(OCc3ccccc3)c(OC)c2)C1. The van der Waals surface area contributed by atoms with Gasteiger partial charge in [-0.1, -0.05) is 36.4 Å². The van der Waals surface area contributed by atoms with Crippen LogP contribution in [0.15, 0.2) is 48.5 Å². The summed E-state index contributed by atoms with van der Waals surface area (Å²) in [6.07, 6.45) is 1.92. The normalized spacial score (nSPS) is 17.1. The summed E-state index contributed by atoms with van der Waals surface area (Å²) in [5.74, 6) is 1.36. The van der Waals surface area contributed by atoms with Crippen molar-refractivity contribution in [3.05, 3.63) is 59.7 Å². The average Bonchev–Trinajstić information content (AvgIpc) is 2.74. The molecule has 1 fully saturated rings. The molecule has 1 heterocycles. The van der Waals surface area contributed by atoms with Crippen LogP contribution in [0.2, 0.25) is 0 Å². The lowest BCUT2D eigenvalue weighted by Gasteiger charge is -2.31. The van der Waals surface area contributed by atoms with E-state index in [1.807, 2.05) is 49.4 Å². The highest BCUT2D eigenvalue weighted by molar-refractivity contribution is 5.72. The Kier molecular flexibility index (Phi) is 7.31. The molecule has 0 radical (unpaired) electrons. The molecule has 3 rings (SSSR count). The van der Waals surface area contributed by atoms with Crippen LogP contribution in [0.3, 0.4) is 0 Å². The molecule has 150 valence electrons. The smallest absolute Gasteiger partial charge is 0.310 e. The summed E-state index contributed by atoms with van der Waals surface area (Å²) in [6, 6.07) is 16.1. The standard InChI is InChI=1S/C23H29NO4/c1-3-27-23(25)20-10-7-13-24(16-20)15-19-11-12-21(22(14-19)26-2)28-17-18-8-5-4-6-9-18/h4-6,8-9,11-12,14,20H,3,7,10,13,15-17H2,1-2H3. The zero-order valence-corrected chi connectivity index (χ0v) is 16.7. The molecule has 2 aromatic carbocycles. The third-order valence-electron chi connectivity index (χ3n) is 5.00. The first-order valence-corrected chi connectivity index (χ1v) is 9.92.